The molecule has 195 valence electrons. The molecule has 2 saturated heterocycles. The molecule has 4 fully saturated rings. The fraction of sp³-hybridized carbons (Fsp3) is 0.864. The Hall–Kier alpha value is -1.05. The molecule has 2 aliphatic carbocycles. The summed E-state index contributed by atoms with van der Waals surface area (Å²) in [6.45, 7) is 3.65. The maximum Gasteiger partial charge on any atom is 0.318 e. The number of carbonyl (C=O) groups is 2. The minimum absolute atomic E-state index is 0. The zero-order valence-corrected chi connectivity index (χ0v) is 21.6. The Morgan fingerprint density at radius 3 is 1.66 bits per heavy atom. The molecule has 4 aliphatic rings. The first kappa shape index (κ1) is 39.1. The summed E-state index contributed by atoms with van der Waals surface area (Å²) in [4.78, 5) is 23.4. The summed E-state index contributed by atoms with van der Waals surface area (Å²) in [6.07, 6.45) is 8.48. The second-order valence-corrected chi connectivity index (χ2v) is 9.88. The van der Waals surface area contributed by atoms with Crippen LogP contribution < -0.4 is 5.73 Å². The van der Waals surface area contributed by atoms with Gasteiger partial charge in [-0.15, -0.1) is 0 Å². The van der Waals surface area contributed by atoms with Crippen molar-refractivity contribution in [3.8, 4) is 0 Å². The molecule has 2 saturated carbocycles. The van der Waals surface area contributed by atoms with Gasteiger partial charge < -0.3 is 20.4 Å². The van der Waals surface area contributed by atoms with Gasteiger partial charge in [0.25, 0.3) is 0 Å². The van der Waals surface area contributed by atoms with Crippen LogP contribution >= 0.6 is 0 Å². The monoisotopic (exact) mass is 511 g/mol. The van der Waals surface area contributed by atoms with Gasteiger partial charge >= 0.3 is 11.9 Å². The third-order valence-electron chi connectivity index (χ3n) is 7.18. The lowest BCUT2D eigenvalue weighted by molar-refractivity contribution is -0.150. The van der Waals surface area contributed by atoms with Gasteiger partial charge in [-0.1, -0.05) is 58.5 Å². The number of esters is 2. The van der Waals surface area contributed by atoms with Crippen LogP contribution in [0.15, 0.2) is 5.16 Å². The molecule has 3 atom stereocenters. The van der Waals surface area contributed by atoms with Gasteiger partial charge in [0.1, 0.15) is 23.3 Å². The van der Waals surface area contributed by atoms with E-state index >= 15 is 0 Å². The Balaban J connectivity index is 0. The number of oxime groups is 1. The summed E-state index contributed by atoms with van der Waals surface area (Å²) in [7, 11) is 29.8. The molecule has 0 aromatic carbocycles. The second-order valence-electron chi connectivity index (χ2n) is 9.88. The smallest absolute Gasteiger partial charge is 0.318 e. The van der Waals surface area contributed by atoms with E-state index in [1.54, 1.807) is 6.92 Å². The standard InChI is InChI=1S/C10H15NO3.C10H17NO2.2CH4.B5.B4/c1-7-8(11-13)10(9(12)14-7)5-3-2-4-6-10;1-7-8(11)10(9(12)13-7)5-3-2-4-6-10;;;1-4-5(2)3;1-4(2)3/h7,13H,2-6H2,1H3;7-8H,2-6,11H2,1H3;2*1H4;;/t7-;7-,8+;;;;/m00..../s1. The van der Waals surface area contributed by atoms with Crippen molar-refractivity contribution in [3.05, 3.63) is 0 Å². The molecule has 0 aromatic rings. The molecular formula is C22H40B9N2O5. The van der Waals surface area contributed by atoms with E-state index in [0.717, 1.165) is 57.8 Å². The van der Waals surface area contributed by atoms with Crippen molar-refractivity contribution in [3.63, 3.8) is 0 Å². The van der Waals surface area contributed by atoms with Gasteiger partial charge in [0.05, 0.1) is 11.5 Å². The summed E-state index contributed by atoms with van der Waals surface area (Å²) < 4.78 is 10.3. The highest BCUT2D eigenvalue weighted by atomic mass is 16.6. The molecule has 13 radical (unpaired) electrons. The van der Waals surface area contributed by atoms with Gasteiger partial charge in [0, 0.05) is 66.3 Å². The van der Waals surface area contributed by atoms with Crippen molar-refractivity contribution < 1.29 is 24.3 Å². The van der Waals surface area contributed by atoms with Crippen molar-refractivity contribution in [2.45, 2.75) is 111 Å². The van der Waals surface area contributed by atoms with E-state index in [1.165, 1.54) is 13.5 Å². The van der Waals surface area contributed by atoms with E-state index in [-0.39, 0.29) is 50.5 Å². The van der Waals surface area contributed by atoms with Crippen LogP contribution in [0.5, 0.6) is 0 Å². The zero-order valence-electron chi connectivity index (χ0n) is 21.6. The van der Waals surface area contributed by atoms with Gasteiger partial charge in [0.2, 0.25) is 0 Å². The number of hydrogen-bond donors (Lipinski definition) is 2. The van der Waals surface area contributed by atoms with Crippen molar-refractivity contribution in [1.82, 2.24) is 0 Å². The lowest BCUT2D eigenvalue weighted by atomic mass is 8.97. The normalized spacial score (nSPS) is 26.8. The van der Waals surface area contributed by atoms with Gasteiger partial charge in [-0.25, -0.2) is 0 Å². The molecule has 0 unspecified atom stereocenters. The van der Waals surface area contributed by atoms with Gasteiger partial charge in [-0.05, 0) is 39.5 Å². The summed E-state index contributed by atoms with van der Waals surface area (Å²) in [5.41, 5.74) is 5.65. The second kappa shape index (κ2) is 18.3. The van der Waals surface area contributed by atoms with Crippen LogP contribution in [0.3, 0.4) is 0 Å². The highest BCUT2D eigenvalue weighted by Crippen LogP contribution is 2.45. The molecule has 4 rings (SSSR count). The molecule has 0 amide bonds. The van der Waals surface area contributed by atoms with E-state index in [2.05, 4.69) is 28.4 Å². The quantitative estimate of drug-likeness (QED) is 0.234. The highest BCUT2D eigenvalue weighted by molar-refractivity contribution is 7.60. The predicted octanol–water partition coefficient (Wildman–Crippen LogP) is 0.767. The van der Waals surface area contributed by atoms with E-state index in [0.29, 0.717) is 5.71 Å². The number of cyclic esters (lactones) is 2. The first-order valence-electron chi connectivity index (χ1n) is 12.6. The summed E-state index contributed by atoms with van der Waals surface area (Å²) in [5.74, 6) is -0.246. The van der Waals surface area contributed by atoms with Crippen LogP contribution in [0.2, 0.25) is 0 Å². The Labute approximate surface area is 240 Å². The molecule has 0 bridgehead atoms. The van der Waals surface area contributed by atoms with E-state index < -0.39 is 18.2 Å². The van der Waals surface area contributed by atoms with E-state index in [1.807, 2.05) is 6.92 Å². The summed E-state index contributed by atoms with van der Waals surface area (Å²) in [5, 5.41) is 12.2. The molecule has 2 spiro atoms. The number of nitrogens with zero attached hydrogens (tertiary/aromatic N) is 1. The molecule has 0 aromatic heterocycles. The summed E-state index contributed by atoms with van der Waals surface area (Å²) >= 11 is 0. The number of ether oxygens (including phenoxy) is 2. The fourth-order valence-corrected chi connectivity index (χ4v) is 5.28. The van der Waals surface area contributed by atoms with Crippen LogP contribution in [0.4, 0.5) is 0 Å². The third-order valence-corrected chi connectivity index (χ3v) is 7.18. The third kappa shape index (κ3) is 10.2. The Bertz CT molecular complexity index is 731. The predicted molar refractivity (Wildman–Crippen MR) is 165 cm³/mol. The van der Waals surface area contributed by atoms with E-state index in [9.17, 15) is 9.59 Å². The molecule has 2 aliphatic heterocycles. The van der Waals surface area contributed by atoms with Gasteiger partial charge in [-0.2, -0.15) is 0 Å². The molecule has 38 heavy (non-hydrogen) atoms. The number of nitrogens with two attached hydrogens (primary N) is 1. The highest BCUT2D eigenvalue weighted by Gasteiger charge is 2.55. The first-order chi connectivity index (χ1) is 16.9. The minimum atomic E-state index is -0.667. The lowest BCUT2D eigenvalue weighted by Crippen LogP contribution is -2.46. The van der Waals surface area contributed by atoms with Crippen molar-refractivity contribution in [2.24, 2.45) is 21.7 Å². The minimum Gasteiger partial charge on any atom is -0.461 e. The van der Waals surface area contributed by atoms with Crippen LogP contribution in [0.25, 0.3) is 0 Å². The maximum absolute atomic E-state index is 11.7. The van der Waals surface area contributed by atoms with Crippen molar-refractivity contribution >= 4 is 83.9 Å². The molecule has 3 N–H and O–H groups in total. The van der Waals surface area contributed by atoms with Crippen LogP contribution in [0.1, 0.15) is 92.9 Å². The molecule has 7 nitrogen and oxygen atoms in total. The SMILES string of the molecule is C.C.C[C@@H]1OC(=O)C2(CCCCC2)C1=NO.C[C@@H]1OC(=O)C2(CCCCC2)[C@@H]1N.[B]B([B])[B].[B][B]B([B])[B]. The topological polar surface area (TPSA) is 111 Å². The number of hydrogen-bond acceptors (Lipinski definition) is 7. The Kier molecular flexibility index (Phi) is 18.9. The van der Waals surface area contributed by atoms with Crippen LogP contribution in [-0.2, 0) is 19.1 Å². The first-order valence-corrected chi connectivity index (χ1v) is 12.6. The van der Waals surface area contributed by atoms with Crippen LogP contribution in [-0.4, -0.2) is 107 Å². The number of carbonyl (C=O) groups excluding carboxylic acids is 2. The average Bonchev–Trinajstić information content (AvgIpc) is 3.18. The largest absolute Gasteiger partial charge is 0.461 e. The molecule has 16 heteroatoms. The average molecular weight is 510 g/mol. The Morgan fingerprint density at radius 1 is 0.895 bits per heavy atom. The lowest BCUT2D eigenvalue weighted by Gasteiger charge is -2.33. The summed E-state index contributed by atoms with van der Waals surface area (Å²) in [6, 6.07) is -0.0831. The van der Waals surface area contributed by atoms with Gasteiger partial charge in [0.15, 0.2) is 0 Å². The van der Waals surface area contributed by atoms with Crippen molar-refractivity contribution in [2.75, 3.05) is 0 Å². The maximum atomic E-state index is 11.7. The molecule has 2 heterocycles. The Morgan fingerprint density at radius 2 is 1.32 bits per heavy atom. The van der Waals surface area contributed by atoms with Crippen LogP contribution in [0, 0.1) is 10.8 Å². The number of rotatable bonds is 1. The van der Waals surface area contributed by atoms with E-state index in [4.69, 9.17) is 43.6 Å². The van der Waals surface area contributed by atoms with Gasteiger partial charge in [-0.3, -0.25) is 9.59 Å². The zero-order chi connectivity index (χ0) is 27.5. The molecular weight excluding hydrogens is 470 g/mol. The van der Waals surface area contributed by atoms with Crippen molar-refractivity contribution in [1.29, 1.82) is 0 Å². The fourth-order valence-electron chi connectivity index (χ4n) is 5.28.